The van der Waals surface area contributed by atoms with Crippen molar-refractivity contribution in [1.29, 1.82) is 0 Å². The van der Waals surface area contributed by atoms with E-state index in [-0.39, 0.29) is 5.56 Å². The van der Waals surface area contributed by atoms with Crippen LogP contribution < -0.4 is 5.56 Å². The normalized spacial score (nSPS) is 11.0. The van der Waals surface area contributed by atoms with E-state index in [0.29, 0.717) is 22.0 Å². The van der Waals surface area contributed by atoms with E-state index in [2.05, 4.69) is 15.0 Å². The van der Waals surface area contributed by atoms with Gasteiger partial charge in [0.1, 0.15) is 5.82 Å². The number of benzene rings is 1. The predicted octanol–water partition coefficient (Wildman–Crippen LogP) is 2.07. The van der Waals surface area contributed by atoms with Crippen LogP contribution in [0.1, 0.15) is 5.82 Å². The number of fused-ring (bicyclic) bond motifs is 1. The molecule has 0 saturated carbocycles. The summed E-state index contributed by atoms with van der Waals surface area (Å²) in [7, 11) is 0. The van der Waals surface area contributed by atoms with E-state index in [0.717, 1.165) is 5.69 Å². The lowest BCUT2D eigenvalue weighted by Gasteiger charge is -2.05. The molecule has 2 heterocycles. The van der Waals surface area contributed by atoms with Crippen molar-refractivity contribution in [2.75, 3.05) is 0 Å². The number of aromatic amines is 1. The van der Waals surface area contributed by atoms with Crippen molar-refractivity contribution in [2.45, 2.75) is 6.92 Å². The van der Waals surface area contributed by atoms with Crippen LogP contribution in [0.15, 0.2) is 35.4 Å². The number of H-pyrrole nitrogens is 1. The molecule has 0 fully saturated rings. The van der Waals surface area contributed by atoms with Crippen LogP contribution in [-0.2, 0) is 0 Å². The maximum absolute atomic E-state index is 11.9. The first-order valence-electron chi connectivity index (χ1n) is 5.35. The second-order valence-electron chi connectivity index (χ2n) is 3.88. The fraction of sp³-hybridized carbons (Fsp3) is 0.0833. The van der Waals surface area contributed by atoms with E-state index in [1.807, 2.05) is 19.1 Å². The summed E-state index contributed by atoms with van der Waals surface area (Å²) in [6, 6.07) is 7.25. The van der Waals surface area contributed by atoms with E-state index < -0.39 is 0 Å². The summed E-state index contributed by atoms with van der Waals surface area (Å²) in [6.45, 7) is 1.82. The number of imidazole rings is 1. The number of aromatic nitrogens is 4. The first-order valence-corrected chi connectivity index (χ1v) is 5.73. The highest BCUT2D eigenvalue weighted by Crippen LogP contribution is 2.19. The third-order valence-corrected chi connectivity index (χ3v) is 2.93. The summed E-state index contributed by atoms with van der Waals surface area (Å²) in [5.41, 5.74) is 1.43. The average Bonchev–Trinajstić information content (AvgIpc) is 2.67. The van der Waals surface area contributed by atoms with E-state index in [4.69, 9.17) is 11.6 Å². The molecule has 0 amide bonds. The first kappa shape index (κ1) is 11.0. The van der Waals surface area contributed by atoms with Gasteiger partial charge in [-0.2, -0.15) is 0 Å². The molecule has 0 aliphatic carbocycles. The number of rotatable bonds is 1. The first-order chi connectivity index (χ1) is 8.66. The van der Waals surface area contributed by atoms with Gasteiger partial charge < -0.3 is 4.98 Å². The van der Waals surface area contributed by atoms with Crippen molar-refractivity contribution in [3.05, 3.63) is 51.8 Å². The maximum atomic E-state index is 11.9. The minimum atomic E-state index is -0.222. The van der Waals surface area contributed by atoms with Gasteiger partial charge in [-0.25, -0.2) is 9.97 Å². The second kappa shape index (κ2) is 3.96. The summed E-state index contributed by atoms with van der Waals surface area (Å²) in [6.07, 6.45) is 1.35. The Hall–Kier alpha value is -2.14. The number of hydrogen-bond donors (Lipinski definition) is 1. The molecule has 6 heteroatoms. The van der Waals surface area contributed by atoms with Gasteiger partial charge in [0.25, 0.3) is 5.56 Å². The molecule has 2 aromatic heterocycles. The van der Waals surface area contributed by atoms with Crippen LogP contribution in [0.2, 0.25) is 5.02 Å². The third kappa shape index (κ3) is 1.60. The molecule has 0 spiro atoms. The van der Waals surface area contributed by atoms with Crippen molar-refractivity contribution in [1.82, 2.24) is 19.5 Å². The van der Waals surface area contributed by atoms with Crippen LogP contribution in [0.25, 0.3) is 16.9 Å². The maximum Gasteiger partial charge on any atom is 0.277 e. The van der Waals surface area contributed by atoms with Crippen LogP contribution in [0.4, 0.5) is 0 Å². The average molecular weight is 261 g/mol. The van der Waals surface area contributed by atoms with Crippen LogP contribution >= 0.6 is 11.6 Å². The number of hydrogen-bond acceptors (Lipinski definition) is 3. The molecular weight excluding hydrogens is 252 g/mol. The minimum Gasteiger partial charge on any atom is -0.311 e. The molecule has 0 aliphatic rings. The Bertz CT molecular complexity index is 790. The molecule has 90 valence electrons. The summed E-state index contributed by atoms with van der Waals surface area (Å²) >= 11 is 5.97. The lowest BCUT2D eigenvalue weighted by Crippen LogP contribution is -2.10. The van der Waals surface area contributed by atoms with Crippen molar-refractivity contribution in [3.63, 3.8) is 0 Å². The Kier molecular flexibility index (Phi) is 2.41. The summed E-state index contributed by atoms with van der Waals surface area (Å²) in [5, 5.41) is 0.606. The Morgan fingerprint density at radius 1 is 1.39 bits per heavy atom. The Balaban J connectivity index is 2.42. The molecular formula is C12H9ClN4O. The minimum absolute atomic E-state index is 0.222. The van der Waals surface area contributed by atoms with Gasteiger partial charge in [0.2, 0.25) is 0 Å². The number of nitrogens with zero attached hydrogens (tertiary/aromatic N) is 3. The molecule has 0 radical (unpaired) electrons. The van der Waals surface area contributed by atoms with Gasteiger partial charge in [0.15, 0.2) is 11.2 Å². The van der Waals surface area contributed by atoms with E-state index in [1.54, 1.807) is 16.7 Å². The Morgan fingerprint density at radius 3 is 3.00 bits per heavy atom. The molecule has 3 aromatic rings. The molecule has 0 bridgehead atoms. The van der Waals surface area contributed by atoms with Gasteiger partial charge >= 0.3 is 0 Å². The zero-order valence-corrected chi connectivity index (χ0v) is 10.3. The lowest BCUT2D eigenvalue weighted by molar-refractivity contribution is 0.994. The number of aryl methyl sites for hydroxylation is 1. The Labute approximate surface area is 107 Å². The largest absolute Gasteiger partial charge is 0.311 e. The molecule has 0 saturated heterocycles. The Morgan fingerprint density at radius 2 is 2.22 bits per heavy atom. The number of nitrogens with one attached hydrogen (secondary N) is 1. The summed E-state index contributed by atoms with van der Waals surface area (Å²) < 4.78 is 1.74. The summed E-state index contributed by atoms with van der Waals surface area (Å²) in [5.74, 6) is 0.691. The molecule has 18 heavy (non-hydrogen) atoms. The van der Waals surface area contributed by atoms with Crippen LogP contribution in [0, 0.1) is 6.92 Å². The lowest BCUT2D eigenvalue weighted by atomic mass is 10.3. The smallest absolute Gasteiger partial charge is 0.277 e. The zero-order chi connectivity index (χ0) is 12.7. The molecule has 1 N–H and O–H groups in total. The zero-order valence-electron chi connectivity index (χ0n) is 9.51. The standard InChI is InChI=1S/C12H9ClN4O/c1-7-16-11-10(12(18)15-6-14-11)17(7)9-4-2-3-8(13)5-9/h2-6H,1H3,(H,14,15,18). The quantitative estimate of drug-likeness (QED) is 0.728. The fourth-order valence-corrected chi connectivity index (χ4v) is 2.15. The second-order valence-corrected chi connectivity index (χ2v) is 4.31. The SMILES string of the molecule is Cc1nc2nc[nH]c(=O)c2n1-c1cccc(Cl)c1. The molecule has 0 aliphatic heterocycles. The van der Waals surface area contributed by atoms with E-state index >= 15 is 0 Å². The molecule has 0 atom stereocenters. The van der Waals surface area contributed by atoms with E-state index in [1.165, 1.54) is 6.33 Å². The predicted molar refractivity (Wildman–Crippen MR) is 69.2 cm³/mol. The highest BCUT2D eigenvalue weighted by Gasteiger charge is 2.13. The van der Waals surface area contributed by atoms with Crippen LogP contribution in [-0.4, -0.2) is 19.5 Å². The molecule has 3 rings (SSSR count). The van der Waals surface area contributed by atoms with Crippen LogP contribution in [0.3, 0.4) is 0 Å². The molecule has 5 nitrogen and oxygen atoms in total. The van der Waals surface area contributed by atoms with Crippen molar-refractivity contribution in [3.8, 4) is 5.69 Å². The van der Waals surface area contributed by atoms with Gasteiger partial charge in [-0.05, 0) is 25.1 Å². The highest BCUT2D eigenvalue weighted by molar-refractivity contribution is 6.30. The van der Waals surface area contributed by atoms with E-state index in [9.17, 15) is 4.79 Å². The van der Waals surface area contributed by atoms with Crippen molar-refractivity contribution < 1.29 is 0 Å². The van der Waals surface area contributed by atoms with Gasteiger partial charge in [0, 0.05) is 10.7 Å². The highest BCUT2D eigenvalue weighted by atomic mass is 35.5. The van der Waals surface area contributed by atoms with Crippen LogP contribution in [0.5, 0.6) is 0 Å². The number of halogens is 1. The molecule has 1 aromatic carbocycles. The fourth-order valence-electron chi connectivity index (χ4n) is 1.96. The van der Waals surface area contributed by atoms with Gasteiger partial charge in [0.05, 0.1) is 6.33 Å². The van der Waals surface area contributed by atoms with Gasteiger partial charge in [-0.15, -0.1) is 0 Å². The topological polar surface area (TPSA) is 63.6 Å². The van der Waals surface area contributed by atoms with Gasteiger partial charge in [-0.3, -0.25) is 9.36 Å². The monoisotopic (exact) mass is 260 g/mol. The van der Waals surface area contributed by atoms with Gasteiger partial charge in [-0.1, -0.05) is 17.7 Å². The molecule has 0 unspecified atom stereocenters. The van der Waals surface area contributed by atoms with Crippen molar-refractivity contribution >= 4 is 22.8 Å². The third-order valence-electron chi connectivity index (χ3n) is 2.69. The van der Waals surface area contributed by atoms with Crippen molar-refractivity contribution in [2.24, 2.45) is 0 Å². The summed E-state index contributed by atoms with van der Waals surface area (Å²) in [4.78, 5) is 22.8.